The van der Waals surface area contributed by atoms with Crippen LogP contribution in [0.2, 0.25) is 0 Å². The molecule has 0 aromatic carbocycles. The molecule has 0 amide bonds. The number of methoxy groups -OCH3 is 1. The largest absolute Gasteiger partial charge is 0.389 e. The fourth-order valence-electron chi connectivity index (χ4n) is 1.02. The monoisotopic (exact) mass is 235 g/mol. The van der Waals surface area contributed by atoms with Gasteiger partial charge in [-0.1, -0.05) is 20.8 Å². The summed E-state index contributed by atoms with van der Waals surface area (Å²) in [5.74, 6) is 1.06. The summed E-state index contributed by atoms with van der Waals surface area (Å²) in [7, 11) is 1.60. The predicted octanol–water partition coefficient (Wildman–Crippen LogP) is 1.50. The van der Waals surface area contributed by atoms with Gasteiger partial charge in [0, 0.05) is 30.2 Å². The molecular formula is C11H25NO2S. The Morgan fingerprint density at radius 2 is 2.00 bits per heavy atom. The molecule has 0 heterocycles. The highest BCUT2D eigenvalue weighted by Gasteiger charge is 2.13. The summed E-state index contributed by atoms with van der Waals surface area (Å²) < 4.78 is 5.16. The molecule has 0 saturated heterocycles. The maximum atomic E-state index is 9.43. The molecule has 15 heavy (non-hydrogen) atoms. The van der Waals surface area contributed by atoms with Crippen LogP contribution in [-0.2, 0) is 4.74 Å². The molecule has 0 aliphatic heterocycles. The van der Waals surface area contributed by atoms with Gasteiger partial charge in [-0.3, -0.25) is 0 Å². The molecule has 0 aliphatic carbocycles. The lowest BCUT2D eigenvalue weighted by atomic mass is 10.3. The van der Waals surface area contributed by atoms with Gasteiger partial charge < -0.3 is 15.2 Å². The van der Waals surface area contributed by atoms with Crippen LogP contribution in [0.5, 0.6) is 0 Å². The highest BCUT2D eigenvalue weighted by molar-refractivity contribution is 8.00. The van der Waals surface area contributed by atoms with Gasteiger partial charge >= 0.3 is 0 Å². The van der Waals surface area contributed by atoms with Gasteiger partial charge in [0.1, 0.15) is 0 Å². The van der Waals surface area contributed by atoms with Crippen LogP contribution < -0.4 is 5.32 Å². The van der Waals surface area contributed by atoms with Gasteiger partial charge in [-0.25, -0.2) is 0 Å². The topological polar surface area (TPSA) is 41.5 Å². The molecule has 92 valence electrons. The zero-order valence-corrected chi connectivity index (χ0v) is 11.4. The molecule has 0 aliphatic rings. The van der Waals surface area contributed by atoms with Crippen molar-refractivity contribution in [2.45, 2.75) is 44.6 Å². The van der Waals surface area contributed by atoms with E-state index < -0.39 is 6.10 Å². The first-order valence-electron chi connectivity index (χ1n) is 5.39. The van der Waals surface area contributed by atoms with Gasteiger partial charge in [-0.05, 0) is 6.92 Å². The summed E-state index contributed by atoms with van der Waals surface area (Å²) in [6.45, 7) is 9.77. The summed E-state index contributed by atoms with van der Waals surface area (Å²) in [6, 6.07) is 0.417. The van der Waals surface area contributed by atoms with Gasteiger partial charge in [-0.15, -0.1) is 0 Å². The van der Waals surface area contributed by atoms with E-state index in [1.807, 2.05) is 11.8 Å². The van der Waals surface area contributed by atoms with E-state index in [0.717, 1.165) is 5.75 Å². The van der Waals surface area contributed by atoms with Crippen LogP contribution >= 0.6 is 11.8 Å². The standard InChI is InChI=1S/C11H25NO2S/c1-9(8-15-11(2,3)4)12-6-10(13)7-14-5/h9-10,12-13H,6-8H2,1-5H3. The van der Waals surface area contributed by atoms with Gasteiger partial charge in [0.15, 0.2) is 0 Å². The minimum atomic E-state index is -0.405. The fraction of sp³-hybridized carbons (Fsp3) is 1.00. The molecular weight excluding hydrogens is 210 g/mol. The quantitative estimate of drug-likeness (QED) is 0.702. The Bertz CT molecular complexity index is 159. The third-order valence-electron chi connectivity index (χ3n) is 1.83. The third-order valence-corrected chi connectivity index (χ3v) is 3.36. The number of hydrogen-bond donors (Lipinski definition) is 2. The van der Waals surface area contributed by atoms with E-state index in [4.69, 9.17) is 4.74 Å². The molecule has 4 heteroatoms. The molecule has 2 atom stereocenters. The average molecular weight is 235 g/mol. The fourth-order valence-corrected chi connectivity index (χ4v) is 1.89. The van der Waals surface area contributed by atoms with E-state index in [1.165, 1.54) is 0 Å². The number of ether oxygens (including phenoxy) is 1. The Morgan fingerprint density at radius 3 is 2.47 bits per heavy atom. The van der Waals surface area contributed by atoms with Crippen LogP contribution in [0.4, 0.5) is 0 Å². The zero-order chi connectivity index (χ0) is 11.9. The Morgan fingerprint density at radius 1 is 1.40 bits per heavy atom. The van der Waals surface area contributed by atoms with Crippen molar-refractivity contribution in [3.05, 3.63) is 0 Å². The zero-order valence-electron chi connectivity index (χ0n) is 10.5. The maximum absolute atomic E-state index is 9.43. The summed E-state index contributed by atoms with van der Waals surface area (Å²) in [6.07, 6.45) is -0.405. The third kappa shape index (κ3) is 10.5. The van der Waals surface area contributed by atoms with E-state index in [1.54, 1.807) is 7.11 Å². The first-order chi connectivity index (χ1) is 6.85. The predicted molar refractivity (Wildman–Crippen MR) is 67.6 cm³/mol. The van der Waals surface area contributed by atoms with Crippen molar-refractivity contribution >= 4 is 11.8 Å². The lowest BCUT2D eigenvalue weighted by Gasteiger charge is -2.22. The van der Waals surface area contributed by atoms with Crippen molar-refractivity contribution < 1.29 is 9.84 Å². The molecule has 0 aromatic heterocycles. The molecule has 2 unspecified atom stereocenters. The number of aliphatic hydroxyl groups is 1. The molecule has 3 nitrogen and oxygen atoms in total. The van der Waals surface area contributed by atoms with Crippen molar-refractivity contribution in [2.75, 3.05) is 26.0 Å². The van der Waals surface area contributed by atoms with Crippen LogP contribution in [0.1, 0.15) is 27.7 Å². The summed E-state index contributed by atoms with van der Waals surface area (Å²) in [5, 5.41) is 12.7. The minimum Gasteiger partial charge on any atom is -0.389 e. The van der Waals surface area contributed by atoms with E-state index in [9.17, 15) is 5.11 Å². The maximum Gasteiger partial charge on any atom is 0.0897 e. The highest BCUT2D eigenvalue weighted by Crippen LogP contribution is 2.23. The lowest BCUT2D eigenvalue weighted by molar-refractivity contribution is 0.0635. The van der Waals surface area contributed by atoms with Crippen molar-refractivity contribution in [1.82, 2.24) is 5.32 Å². The summed E-state index contributed by atoms with van der Waals surface area (Å²) >= 11 is 1.93. The second kappa shape index (κ2) is 7.49. The van der Waals surface area contributed by atoms with Crippen molar-refractivity contribution in [2.24, 2.45) is 0 Å². The lowest BCUT2D eigenvalue weighted by Crippen LogP contribution is -2.37. The van der Waals surface area contributed by atoms with Gasteiger partial charge in [0.05, 0.1) is 12.7 Å². The van der Waals surface area contributed by atoms with E-state index in [0.29, 0.717) is 23.9 Å². The molecule has 0 saturated carbocycles. The number of rotatable bonds is 7. The summed E-state index contributed by atoms with van der Waals surface area (Å²) in [5.41, 5.74) is 0. The SMILES string of the molecule is COCC(O)CNC(C)CSC(C)(C)C. The molecule has 0 spiro atoms. The van der Waals surface area contributed by atoms with Crippen LogP contribution in [0.3, 0.4) is 0 Å². The number of aliphatic hydroxyl groups excluding tert-OH is 1. The highest BCUT2D eigenvalue weighted by atomic mass is 32.2. The van der Waals surface area contributed by atoms with Crippen LogP contribution in [-0.4, -0.2) is 48.0 Å². The minimum absolute atomic E-state index is 0.307. The van der Waals surface area contributed by atoms with E-state index >= 15 is 0 Å². The van der Waals surface area contributed by atoms with Crippen LogP contribution in [0.15, 0.2) is 0 Å². The molecule has 0 bridgehead atoms. The van der Waals surface area contributed by atoms with E-state index in [2.05, 4.69) is 33.0 Å². The Balaban J connectivity index is 3.53. The second-order valence-electron chi connectivity index (χ2n) is 4.84. The van der Waals surface area contributed by atoms with Crippen molar-refractivity contribution in [3.8, 4) is 0 Å². The van der Waals surface area contributed by atoms with Crippen molar-refractivity contribution in [3.63, 3.8) is 0 Å². The number of nitrogens with one attached hydrogen (secondary N) is 1. The van der Waals surface area contributed by atoms with Crippen LogP contribution in [0, 0.1) is 0 Å². The number of thioether (sulfide) groups is 1. The van der Waals surface area contributed by atoms with Gasteiger partial charge in [0.25, 0.3) is 0 Å². The molecule has 0 radical (unpaired) electrons. The average Bonchev–Trinajstić information content (AvgIpc) is 2.11. The molecule has 0 aromatic rings. The second-order valence-corrected chi connectivity index (χ2v) is 6.69. The van der Waals surface area contributed by atoms with Crippen molar-refractivity contribution in [1.29, 1.82) is 0 Å². The van der Waals surface area contributed by atoms with Gasteiger partial charge in [0.2, 0.25) is 0 Å². The Kier molecular flexibility index (Phi) is 7.61. The molecule has 0 fully saturated rings. The number of hydrogen-bond acceptors (Lipinski definition) is 4. The Hall–Kier alpha value is 0.230. The Labute approximate surface area is 98.0 Å². The van der Waals surface area contributed by atoms with Gasteiger partial charge in [-0.2, -0.15) is 11.8 Å². The van der Waals surface area contributed by atoms with E-state index in [-0.39, 0.29) is 0 Å². The van der Waals surface area contributed by atoms with Crippen LogP contribution in [0.25, 0.3) is 0 Å². The molecule has 0 rings (SSSR count). The summed E-state index contributed by atoms with van der Waals surface area (Å²) in [4.78, 5) is 0. The molecule has 2 N–H and O–H groups in total. The first-order valence-corrected chi connectivity index (χ1v) is 6.38. The first kappa shape index (κ1) is 15.2. The smallest absolute Gasteiger partial charge is 0.0897 e. The normalized spacial score (nSPS) is 16.4.